The highest BCUT2D eigenvalue weighted by Crippen LogP contribution is 2.28. The van der Waals surface area contributed by atoms with Gasteiger partial charge in [0.05, 0.1) is 12.5 Å². The van der Waals surface area contributed by atoms with Gasteiger partial charge in [-0.05, 0) is 45.0 Å². The fourth-order valence-corrected chi connectivity index (χ4v) is 2.92. The van der Waals surface area contributed by atoms with E-state index < -0.39 is 0 Å². The van der Waals surface area contributed by atoms with Crippen molar-refractivity contribution in [3.63, 3.8) is 0 Å². The van der Waals surface area contributed by atoms with Crippen LogP contribution in [0, 0.1) is 25.2 Å². The molecule has 3 heteroatoms. The molecule has 3 nitrogen and oxygen atoms in total. The first-order valence-corrected chi connectivity index (χ1v) is 6.94. The molecule has 1 fully saturated rings. The summed E-state index contributed by atoms with van der Waals surface area (Å²) in [5.74, 6) is 0. The summed E-state index contributed by atoms with van der Waals surface area (Å²) in [5, 5.41) is 8.96. The van der Waals surface area contributed by atoms with E-state index in [1.807, 2.05) is 0 Å². The molecule has 2 atom stereocenters. The van der Waals surface area contributed by atoms with Gasteiger partial charge in [-0.25, -0.2) is 0 Å². The molecule has 0 N–H and O–H groups in total. The minimum atomic E-state index is 0.334. The summed E-state index contributed by atoms with van der Waals surface area (Å²) in [4.78, 5) is 4.78. The third-order valence-corrected chi connectivity index (χ3v) is 4.33. The first-order chi connectivity index (χ1) is 9.04. The molecule has 0 radical (unpaired) electrons. The molecule has 1 saturated heterocycles. The van der Waals surface area contributed by atoms with Crippen LogP contribution in [0.2, 0.25) is 0 Å². The number of benzene rings is 1. The topological polar surface area (TPSA) is 30.3 Å². The van der Waals surface area contributed by atoms with Crippen LogP contribution in [0.25, 0.3) is 0 Å². The Labute approximate surface area is 116 Å². The Kier molecular flexibility index (Phi) is 4.11. The highest BCUT2D eigenvalue weighted by Gasteiger charge is 2.29. The normalized spacial score (nSPS) is 24.3. The van der Waals surface area contributed by atoms with E-state index in [0.29, 0.717) is 18.5 Å². The smallest absolute Gasteiger partial charge is 0.0638 e. The van der Waals surface area contributed by atoms with Gasteiger partial charge < -0.3 is 4.90 Å². The summed E-state index contributed by atoms with van der Waals surface area (Å²) in [7, 11) is 2.12. The highest BCUT2D eigenvalue weighted by molar-refractivity contribution is 5.57. The largest absolute Gasteiger partial charge is 0.366 e. The number of hydrogen-bond donors (Lipinski definition) is 0. The Balaban J connectivity index is 2.28. The van der Waals surface area contributed by atoms with Crippen LogP contribution < -0.4 is 4.90 Å². The lowest BCUT2D eigenvalue weighted by molar-refractivity contribution is 0.194. The lowest BCUT2D eigenvalue weighted by Crippen LogP contribution is -2.56. The van der Waals surface area contributed by atoms with E-state index in [9.17, 15) is 0 Å². The third kappa shape index (κ3) is 2.74. The zero-order valence-electron chi connectivity index (χ0n) is 12.3. The zero-order chi connectivity index (χ0) is 14.0. The average Bonchev–Trinajstić information content (AvgIpc) is 2.37. The molecular weight excluding hydrogens is 234 g/mol. The van der Waals surface area contributed by atoms with Crippen LogP contribution in [0.1, 0.15) is 24.5 Å². The Morgan fingerprint density at radius 2 is 2.05 bits per heavy atom. The van der Waals surface area contributed by atoms with Crippen LogP contribution in [-0.4, -0.2) is 37.1 Å². The number of nitriles is 1. The van der Waals surface area contributed by atoms with Gasteiger partial charge in [0.1, 0.15) is 0 Å². The molecule has 0 saturated carbocycles. The van der Waals surface area contributed by atoms with Gasteiger partial charge in [0, 0.05) is 30.9 Å². The van der Waals surface area contributed by atoms with Gasteiger partial charge in [0.25, 0.3) is 0 Å². The maximum Gasteiger partial charge on any atom is 0.0638 e. The van der Waals surface area contributed by atoms with Gasteiger partial charge in [0.15, 0.2) is 0 Å². The maximum atomic E-state index is 8.96. The van der Waals surface area contributed by atoms with Crippen LogP contribution in [0.15, 0.2) is 18.2 Å². The molecule has 1 aromatic rings. The molecule has 19 heavy (non-hydrogen) atoms. The number of hydrogen-bond acceptors (Lipinski definition) is 3. The highest BCUT2D eigenvalue weighted by atomic mass is 15.3. The monoisotopic (exact) mass is 257 g/mol. The first-order valence-electron chi connectivity index (χ1n) is 6.94. The van der Waals surface area contributed by atoms with E-state index in [0.717, 1.165) is 13.1 Å². The molecule has 1 heterocycles. The number of likely N-dealkylation sites (N-methyl/N-ethyl adjacent to an activating group) is 1. The predicted octanol–water partition coefficient (Wildman–Crippen LogP) is 2.73. The molecule has 0 spiro atoms. The molecule has 1 aliphatic heterocycles. The quantitative estimate of drug-likeness (QED) is 0.816. The van der Waals surface area contributed by atoms with Crippen LogP contribution in [0.4, 0.5) is 5.69 Å². The van der Waals surface area contributed by atoms with Crippen molar-refractivity contribution in [3.8, 4) is 6.07 Å². The zero-order valence-corrected chi connectivity index (χ0v) is 12.3. The molecule has 102 valence electrons. The third-order valence-electron chi connectivity index (χ3n) is 4.33. The van der Waals surface area contributed by atoms with Crippen LogP contribution in [0.5, 0.6) is 0 Å². The minimum Gasteiger partial charge on any atom is -0.366 e. The second-order valence-corrected chi connectivity index (χ2v) is 5.68. The molecular formula is C16H23N3. The SMILES string of the molecule is Cc1cccc(N2CC(CC#N)N(C)CC2C)c1C. The summed E-state index contributed by atoms with van der Waals surface area (Å²) < 4.78 is 0. The van der Waals surface area contributed by atoms with E-state index >= 15 is 0 Å². The summed E-state index contributed by atoms with van der Waals surface area (Å²) in [6, 6.07) is 9.62. The van der Waals surface area contributed by atoms with Crippen LogP contribution in [0.3, 0.4) is 0 Å². The van der Waals surface area contributed by atoms with E-state index in [-0.39, 0.29) is 0 Å². The van der Waals surface area contributed by atoms with E-state index in [4.69, 9.17) is 5.26 Å². The molecule has 0 aromatic heterocycles. The number of piperazine rings is 1. The predicted molar refractivity (Wildman–Crippen MR) is 79.4 cm³/mol. The van der Waals surface area contributed by atoms with Crippen molar-refractivity contribution in [2.45, 2.75) is 39.3 Å². The lowest BCUT2D eigenvalue weighted by atomic mass is 10.0. The second kappa shape index (κ2) is 5.63. The van der Waals surface area contributed by atoms with Crippen LogP contribution >= 0.6 is 0 Å². The Bertz CT molecular complexity index is 489. The van der Waals surface area contributed by atoms with Gasteiger partial charge >= 0.3 is 0 Å². The van der Waals surface area contributed by atoms with Gasteiger partial charge in [-0.2, -0.15) is 5.26 Å². The summed E-state index contributed by atoms with van der Waals surface area (Å²) >= 11 is 0. The molecule has 1 aromatic carbocycles. The van der Waals surface area contributed by atoms with Gasteiger partial charge in [-0.3, -0.25) is 4.90 Å². The minimum absolute atomic E-state index is 0.334. The van der Waals surface area contributed by atoms with Crippen molar-refractivity contribution in [2.75, 3.05) is 25.0 Å². The van der Waals surface area contributed by atoms with Gasteiger partial charge in [-0.1, -0.05) is 12.1 Å². The van der Waals surface area contributed by atoms with Crippen molar-refractivity contribution >= 4 is 5.69 Å². The maximum absolute atomic E-state index is 8.96. The second-order valence-electron chi connectivity index (χ2n) is 5.68. The number of rotatable bonds is 2. The van der Waals surface area contributed by atoms with Crippen molar-refractivity contribution in [2.24, 2.45) is 0 Å². The lowest BCUT2D eigenvalue weighted by Gasteiger charge is -2.45. The summed E-state index contributed by atoms with van der Waals surface area (Å²) in [6.45, 7) is 8.57. The number of aryl methyl sites for hydroxylation is 1. The molecule has 2 unspecified atom stereocenters. The van der Waals surface area contributed by atoms with E-state index in [1.54, 1.807) is 0 Å². The molecule has 0 aliphatic carbocycles. The van der Waals surface area contributed by atoms with Crippen molar-refractivity contribution in [1.29, 1.82) is 5.26 Å². The van der Waals surface area contributed by atoms with Crippen LogP contribution in [-0.2, 0) is 0 Å². The van der Waals surface area contributed by atoms with Crippen molar-refractivity contribution in [1.82, 2.24) is 4.90 Å². The molecule has 1 aliphatic rings. The van der Waals surface area contributed by atoms with Gasteiger partial charge in [-0.15, -0.1) is 0 Å². The Morgan fingerprint density at radius 1 is 1.32 bits per heavy atom. The molecule has 2 rings (SSSR count). The van der Waals surface area contributed by atoms with E-state index in [1.165, 1.54) is 16.8 Å². The fraction of sp³-hybridized carbons (Fsp3) is 0.562. The summed E-state index contributed by atoms with van der Waals surface area (Å²) in [5.41, 5.74) is 4.01. The Morgan fingerprint density at radius 3 is 2.74 bits per heavy atom. The standard InChI is InChI=1S/C16H23N3/c1-12-6-5-7-16(14(12)3)19-11-15(8-9-17)18(4)10-13(19)2/h5-7,13,15H,8,10-11H2,1-4H3. The summed E-state index contributed by atoms with van der Waals surface area (Å²) in [6.07, 6.45) is 0.602. The Hall–Kier alpha value is -1.53. The van der Waals surface area contributed by atoms with Crippen molar-refractivity contribution < 1.29 is 0 Å². The number of nitrogens with zero attached hydrogens (tertiary/aromatic N) is 3. The van der Waals surface area contributed by atoms with Gasteiger partial charge in [0.2, 0.25) is 0 Å². The van der Waals surface area contributed by atoms with E-state index in [2.05, 4.69) is 61.9 Å². The average molecular weight is 257 g/mol. The fourth-order valence-electron chi connectivity index (χ4n) is 2.92. The van der Waals surface area contributed by atoms with Crippen molar-refractivity contribution in [3.05, 3.63) is 29.3 Å². The first kappa shape index (κ1) is 13.9. The number of anilines is 1. The molecule has 0 bridgehead atoms. The molecule has 0 amide bonds.